The second-order valence-electron chi connectivity index (χ2n) is 9.17. The molecule has 0 saturated carbocycles. The van der Waals surface area contributed by atoms with Crippen molar-refractivity contribution in [1.82, 2.24) is 0 Å². The van der Waals surface area contributed by atoms with Crippen LogP contribution in [-0.2, 0) is 10.1 Å². The number of alkyl halides is 20. The number of hydrogen-bond donors (Lipinski definition) is 2. The molecule has 2 aromatic rings. The van der Waals surface area contributed by atoms with Gasteiger partial charge in [-0.15, -0.1) is 0 Å². The lowest BCUT2D eigenvalue weighted by Gasteiger charge is -2.42. The van der Waals surface area contributed by atoms with Crippen LogP contribution in [0.1, 0.15) is 0 Å². The molecule has 0 spiro atoms. The van der Waals surface area contributed by atoms with Gasteiger partial charge in [0.1, 0.15) is 5.75 Å². The SMILES string of the molecule is O=C(Nc1ccc(OS(=O)(=O)C(F)(F)C(F)(F)C(F)(F)C(F)(F)C(F)(F)C(F)(F)C(F)(F)C(F)(F)F)cc1)Nc1ccc(SC(F)(F)F)cc1. The summed E-state index contributed by atoms with van der Waals surface area (Å²) in [5, 5.41) is -3.92. The summed E-state index contributed by atoms with van der Waals surface area (Å²) in [5.74, 6) is -54.2. The Hall–Kier alpha value is -3.59. The normalized spacial score (nSPS) is 14.7. The largest absolute Gasteiger partial charge is 0.460 e. The van der Waals surface area contributed by atoms with E-state index in [1.54, 1.807) is 0 Å². The van der Waals surface area contributed by atoms with Gasteiger partial charge in [-0.05, 0) is 60.3 Å². The summed E-state index contributed by atoms with van der Waals surface area (Å²) < 4.78 is 292. The Morgan fingerprint density at radius 1 is 0.520 bits per heavy atom. The minimum atomic E-state index is -9.00. The number of carbonyl (C=O) groups excluding carboxylic acids is 1. The third-order valence-electron chi connectivity index (χ3n) is 5.67. The van der Waals surface area contributed by atoms with Crippen LogP contribution in [-0.4, -0.2) is 66.9 Å². The van der Waals surface area contributed by atoms with Crippen LogP contribution in [0.2, 0.25) is 0 Å². The Balaban J connectivity index is 2.30. The highest BCUT2D eigenvalue weighted by molar-refractivity contribution is 8.00. The molecule has 0 atom stereocenters. The van der Waals surface area contributed by atoms with Crippen LogP contribution in [0.3, 0.4) is 0 Å². The van der Waals surface area contributed by atoms with Crippen molar-refractivity contribution < 1.29 is 105 Å². The number of thioether (sulfide) groups is 1. The highest BCUT2D eigenvalue weighted by atomic mass is 32.2. The quantitative estimate of drug-likeness (QED) is 0.127. The van der Waals surface area contributed by atoms with Crippen LogP contribution in [0.5, 0.6) is 5.75 Å². The van der Waals surface area contributed by atoms with Gasteiger partial charge in [0, 0.05) is 16.3 Å². The summed E-state index contributed by atoms with van der Waals surface area (Å²) in [6, 6.07) is 3.81. The molecule has 0 radical (unpaired) electrons. The fraction of sp³-hybridized carbons (Fsp3) is 0.409. The first-order chi connectivity index (χ1) is 22.0. The van der Waals surface area contributed by atoms with E-state index in [1.807, 2.05) is 5.32 Å². The van der Waals surface area contributed by atoms with Gasteiger partial charge in [0.05, 0.1) is 0 Å². The molecule has 0 aliphatic rings. The number of rotatable bonds is 12. The molecule has 0 aliphatic heterocycles. The second-order valence-corrected chi connectivity index (χ2v) is 11.9. The molecule has 2 aromatic carbocycles. The molecule has 284 valence electrons. The van der Waals surface area contributed by atoms with Gasteiger partial charge in [-0.25, -0.2) is 4.79 Å². The zero-order valence-corrected chi connectivity index (χ0v) is 24.3. The number of anilines is 2. The van der Waals surface area contributed by atoms with Crippen molar-refractivity contribution in [2.24, 2.45) is 0 Å². The molecule has 0 unspecified atom stereocenters. The van der Waals surface area contributed by atoms with Gasteiger partial charge >= 0.3 is 68.6 Å². The molecule has 2 amide bonds. The number of amides is 2. The molecule has 28 heteroatoms. The molecule has 2 N–H and O–H groups in total. The number of urea groups is 1. The minimum absolute atomic E-state index is 0.138. The van der Waals surface area contributed by atoms with E-state index in [1.165, 1.54) is 0 Å². The Bertz CT molecular complexity index is 1640. The van der Waals surface area contributed by atoms with Crippen molar-refractivity contribution in [1.29, 1.82) is 0 Å². The number of nitrogens with one attached hydrogen (secondary N) is 2. The Kier molecular flexibility index (Phi) is 11.0. The van der Waals surface area contributed by atoms with Crippen LogP contribution < -0.4 is 14.8 Å². The summed E-state index contributed by atoms with van der Waals surface area (Å²) in [6.07, 6.45) is -7.96. The third-order valence-corrected chi connectivity index (χ3v) is 7.71. The predicted molar refractivity (Wildman–Crippen MR) is 128 cm³/mol. The van der Waals surface area contributed by atoms with E-state index in [-0.39, 0.29) is 22.7 Å². The highest BCUT2D eigenvalue weighted by Gasteiger charge is 2.96. The fourth-order valence-electron chi connectivity index (χ4n) is 3.11. The summed E-state index contributed by atoms with van der Waals surface area (Å²) in [6.45, 7) is 0. The number of carbonyl (C=O) groups is 1. The molecule has 0 fully saturated rings. The van der Waals surface area contributed by atoms with E-state index in [0.717, 1.165) is 24.3 Å². The summed E-state index contributed by atoms with van der Waals surface area (Å²) in [5.41, 5.74) is -5.28. The van der Waals surface area contributed by atoms with Gasteiger partial charge in [-0.2, -0.15) is 96.2 Å². The van der Waals surface area contributed by atoms with Crippen molar-refractivity contribution in [3.63, 3.8) is 0 Å². The molecular formula is C22H10F20N2O4S2. The van der Waals surface area contributed by atoms with Gasteiger partial charge in [-0.3, -0.25) is 0 Å². The summed E-state index contributed by atoms with van der Waals surface area (Å²) in [7, 11) is -7.87. The van der Waals surface area contributed by atoms with E-state index in [9.17, 15) is 101 Å². The predicted octanol–water partition coefficient (Wildman–Crippen LogP) is 9.62. The van der Waals surface area contributed by atoms with Gasteiger partial charge in [-0.1, -0.05) is 0 Å². The fourth-order valence-corrected chi connectivity index (χ4v) is 4.56. The molecule has 50 heavy (non-hydrogen) atoms. The van der Waals surface area contributed by atoms with Crippen LogP contribution in [0.4, 0.5) is 104 Å². The molecule has 0 aromatic heterocycles. The first kappa shape index (κ1) is 42.6. The first-order valence-corrected chi connectivity index (χ1v) is 13.9. The van der Waals surface area contributed by atoms with Gasteiger partial charge in [0.2, 0.25) is 0 Å². The Labute approximate surface area is 267 Å². The van der Waals surface area contributed by atoms with Crippen molar-refractivity contribution >= 4 is 39.3 Å². The van der Waals surface area contributed by atoms with Gasteiger partial charge in [0.25, 0.3) is 0 Å². The average molecular weight is 810 g/mol. The molecule has 0 heterocycles. The van der Waals surface area contributed by atoms with Crippen LogP contribution in [0.25, 0.3) is 0 Å². The maximum atomic E-state index is 14.2. The van der Waals surface area contributed by atoms with Gasteiger partial charge < -0.3 is 14.8 Å². The van der Waals surface area contributed by atoms with E-state index in [0.29, 0.717) is 12.1 Å². The maximum absolute atomic E-state index is 14.2. The van der Waals surface area contributed by atoms with Crippen LogP contribution in [0, 0.1) is 0 Å². The second kappa shape index (κ2) is 12.9. The average Bonchev–Trinajstić information content (AvgIpc) is 2.92. The van der Waals surface area contributed by atoms with Crippen molar-refractivity contribution in [2.45, 2.75) is 57.4 Å². The van der Waals surface area contributed by atoms with Gasteiger partial charge in [0.15, 0.2) is 0 Å². The van der Waals surface area contributed by atoms with Crippen molar-refractivity contribution in [3.8, 4) is 5.75 Å². The summed E-state index contributed by atoms with van der Waals surface area (Å²) >= 11 is -0.514. The molecular weight excluding hydrogens is 800 g/mol. The molecule has 0 aliphatic carbocycles. The molecule has 0 saturated heterocycles. The lowest BCUT2D eigenvalue weighted by atomic mass is 9.91. The Morgan fingerprint density at radius 2 is 0.860 bits per heavy atom. The van der Waals surface area contributed by atoms with E-state index >= 15 is 0 Å². The number of hydrogen-bond acceptors (Lipinski definition) is 5. The Morgan fingerprint density at radius 3 is 1.22 bits per heavy atom. The lowest BCUT2D eigenvalue weighted by Crippen LogP contribution is -2.75. The standard InChI is InChI=1S/C22H10F20N2O4S2/c23-14(24,16(27,28)18(31,32)20(35,36)37)15(25,26)17(29,30)19(33,34)21(38,39)50(46,47)48-11-5-1-9(2-6-11)43-13(45)44-10-3-7-12(8-4-10)49-22(40,41)42/h1-8H,(H2,43,44,45). The minimum Gasteiger partial charge on any atom is -0.378 e. The zero-order chi connectivity index (χ0) is 39.4. The van der Waals surface area contributed by atoms with E-state index < -0.39 is 91.8 Å². The molecule has 2 rings (SSSR count). The smallest absolute Gasteiger partial charge is 0.378 e. The number of halogens is 20. The first-order valence-electron chi connectivity index (χ1n) is 11.7. The maximum Gasteiger partial charge on any atom is 0.460 e. The van der Waals surface area contributed by atoms with E-state index in [4.69, 9.17) is 0 Å². The number of benzene rings is 2. The van der Waals surface area contributed by atoms with Crippen LogP contribution >= 0.6 is 11.8 Å². The summed E-state index contributed by atoms with van der Waals surface area (Å²) in [4.78, 5) is 11.7. The molecule has 6 nitrogen and oxygen atoms in total. The highest BCUT2D eigenvalue weighted by Crippen LogP contribution is 2.64. The van der Waals surface area contributed by atoms with Crippen molar-refractivity contribution in [3.05, 3.63) is 48.5 Å². The topological polar surface area (TPSA) is 84.5 Å². The lowest BCUT2D eigenvalue weighted by molar-refractivity contribution is -0.458. The monoisotopic (exact) mass is 810 g/mol. The molecule has 0 bridgehead atoms. The van der Waals surface area contributed by atoms with Crippen molar-refractivity contribution in [2.75, 3.05) is 10.6 Å². The third kappa shape index (κ3) is 7.39. The van der Waals surface area contributed by atoms with Crippen LogP contribution in [0.15, 0.2) is 53.4 Å². The van der Waals surface area contributed by atoms with E-state index in [2.05, 4.69) is 9.50 Å². The zero-order valence-electron chi connectivity index (χ0n) is 22.6.